The summed E-state index contributed by atoms with van der Waals surface area (Å²) in [5.41, 5.74) is 5.20. The number of amides is 1. The standard InChI is InChI=1S/C19H18N2OS/c1-12-20-17-11-16(8-9-18(17)23-12)21-19(22)15-7-6-13-4-2-3-5-14(13)10-15/h6-11H,2-5H2,1H3,(H,21,22). The van der Waals surface area contributed by atoms with Gasteiger partial charge in [0.05, 0.1) is 15.2 Å². The number of thiazole rings is 1. The first-order valence-corrected chi connectivity index (χ1v) is 8.81. The van der Waals surface area contributed by atoms with Crippen LogP contribution in [0, 0.1) is 6.92 Å². The smallest absolute Gasteiger partial charge is 0.255 e. The molecule has 4 heteroatoms. The molecule has 3 nitrogen and oxygen atoms in total. The van der Waals surface area contributed by atoms with Crippen LogP contribution in [0.2, 0.25) is 0 Å². The molecule has 1 aromatic heterocycles. The molecule has 0 bridgehead atoms. The lowest BCUT2D eigenvalue weighted by Crippen LogP contribution is -2.13. The molecule has 0 fully saturated rings. The summed E-state index contributed by atoms with van der Waals surface area (Å²) < 4.78 is 1.15. The van der Waals surface area contributed by atoms with Gasteiger partial charge in [-0.2, -0.15) is 0 Å². The molecule has 2 aromatic carbocycles. The van der Waals surface area contributed by atoms with E-state index in [1.54, 1.807) is 11.3 Å². The van der Waals surface area contributed by atoms with Gasteiger partial charge in [0.1, 0.15) is 0 Å². The topological polar surface area (TPSA) is 42.0 Å². The van der Waals surface area contributed by atoms with E-state index >= 15 is 0 Å². The van der Waals surface area contributed by atoms with Gasteiger partial charge in [-0.25, -0.2) is 4.98 Å². The van der Waals surface area contributed by atoms with E-state index in [0.717, 1.165) is 39.3 Å². The van der Waals surface area contributed by atoms with Crippen molar-refractivity contribution >= 4 is 33.1 Å². The molecule has 1 N–H and O–H groups in total. The van der Waals surface area contributed by atoms with Crippen molar-refractivity contribution < 1.29 is 4.79 Å². The van der Waals surface area contributed by atoms with Gasteiger partial charge in [-0.15, -0.1) is 11.3 Å². The van der Waals surface area contributed by atoms with Gasteiger partial charge in [-0.3, -0.25) is 4.79 Å². The lowest BCUT2D eigenvalue weighted by Gasteiger charge is -2.16. The summed E-state index contributed by atoms with van der Waals surface area (Å²) in [6.45, 7) is 2.00. The number of aryl methyl sites for hydroxylation is 3. The molecule has 1 heterocycles. The third kappa shape index (κ3) is 2.86. The first-order valence-electron chi connectivity index (χ1n) is 7.99. The van der Waals surface area contributed by atoms with Crippen molar-refractivity contribution in [1.82, 2.24) is 4.98 Å². The van der Waals surface area contributed by atoms with Crippen LogP contribution in [0.5, 0.6) is 0 Å². The van der Waals surface area contributed by atoms with Gasteiger partial charge in [-0.05, 0) is 74.1 Å². The Hall–Kier alpha value is -2.20. The molecule has 3 aromatic rings. The maximum Gasteiger partial charge on any atom is 0.255 e. The number of fused-ring (bicyclic) bond motifs is 2. The number of anilines is 1. The lowest BCUT2D eigenvalue weighted by atomic mass is 9.90. The van der Waals surface area contributed by atoms with E-state index in [9.17, 15) is 4.79 Å². The van der Waals surface area contributed by atoms with Crippen LogP contribution in [0.4, 0.5) is 5.69 Å². The molecular weight excluding hydrogens is 304 g/mol. The SMILES string of the molecule is Cc1nc2cc(NC(=O)c3ccc4c(c3)CCCC4)ccc2s1. The Morgan fingerprint density at radius 2 is 1.91 bits per heavy atom. The highest BCUT2D eigenvalue weighted by Gasteiger charge is 2.13. The van der Waals surface area contributed by atoms with E-state index in [-0.39, 0.29) is 5.91 Å². The molecule has 0 saturated carbocycles. The first kappa shape index (κ1) is 14.4. The van der Waals surface area contributed by atoms with Crippen LogP contribution in [-0.2, 0) is 12.8 Å². The van der Waals surface area contributed by atoms with Crippen molar-refractivity contribution in [3.05, 3.63) is 58.1 Å². The third-order valence-corrected chi connectivity index (χ3v) is 5.31. The molecule has 1 aliphatic carbocycles. The zero-order valence-electron chi connectivity index (χ0n) is 13.1. The number of hydrogen-bond donors (Lipinski definition) is 1. The molecule has 1 aliphatic rings. The van der Waals surface area contributed by atoms with Crippen molar-refractivity contribution in [1.29, 1.82) is 0 Å². The van der Waals surface area contributed by atoms with E-state index in [2.05, 4.69) is 22.4 Å². The minimum atomic E-state index is -0.0512. The number of carbonyl (C=O) groups excluding carboxylic acids is 1. The van der Waals surface area contributed by atoms with Gasteiger partial charge in [0.2, 0.25) is 0 Å². The Bertz CT molecular complexity index is 898. The quantitative estimate of drug-likeness (QED) is 0.740. The molecule has 0 atom stereocenters. The van der Waals surface area contributed by atoms with Crippen LogP contribution in [0.25, 0.3) is 10.2 Å². The second kappa shape index (κ2) is 5.78. The van der Waals surface area contributed by atoms with Gasteiger partial charge in [0.15, 0.2) is 0 Å². The Kier molecular flexibility index (Phi) is 3.62. The predicted octanol–water partition coefficient (Wildman–Crippen LogP) is 4.74. The lowest BCUT2D eigenvalue weighted by molar-refractivity contribution is 0.102. The monoisotopic (exact) mass is 322 g/mol. The van der Waals surface area contributed by atoms with E-state index in [1.807, 2.05) is 31.2 Å². The molecule has 116 valence electrons. The predicted molar refractivity (Wildman–Crippen MR) is 95.4 cm³/mol. The maximum atomic E-state index is 12.5. The van der Waals surface area contributed by atoms with Gasteiger partial charge in [0, 0.05) is 11.3 Å². The summed E-state index contributed by atoms with van der Waals surface area (Å²) in [5, 5.41) is 4.03. The molecule has 23 heavy (non-hydrogen) atoms. The molecule has 0 aliphatic heterocycles. The average molecular weight is 322 g/mol. The van der Waals surface area contributed by atoms with Crippen LogP contribution in [-0.4, -0.2) is 10.9 Å². The summed E-state index contributed by atoms with van der Waals surface area (Å²) in [6, 6.07) is 12.0. The van der Waals surface area contributed by atoms with Gasteiger partial charge >= 0.3 is 0 Å². The summed E-state index contributed by atoms with van der Waals surface area (Å²) in [5.74, 6) is -0.0512. The molecule has 0 radical (unpaired) electrons. The van der Waals surface area contributed by atoms with Crippen LogP contribution in [0.3, 0.4) is 0 Å². The van der Waals surface area contributed by atoms with Crippen molar-refractivity contribution in [2.45, 2.75) is 32.6 Å². The summed E-state index contributed by atoms with van der Waals surface area (Å²) in [4.78, 5) is 17.0. The van der Waals surface area contributed by atoms with Gasteiger partial charge in [0.25, 0.3) is 5.91 Å². The average Bonchev–Trinajstić information content (AvgIpc) is 2.93. The molecule has 0 unspecified atom stereocenters. The zero-order chi connectivity index (χ0) is 15.8. The van der Waals surface area contributed by atoms with Gasteiger partial charge < -0.3 is 5.32 Å². The number of rotatable bonds is 2. The zero-order valence-corrected chi connectivity index (χ0v) is 13.9. The number of carbonyl (C=O) groups is 1. The number of hydrogen-bond acceptors (Lipinski definition) is 3. The number of aromatic nitrogens is 1. The van der Waals surface area contributed by atoms with Crippen LogP contribution >= 0.6 is 11.3 Å². The maximum absolute atomic E-state index is 12.5. The number of nitrogens with zero attached hydrogens (tertiary/aromatic N) is 1. The Balaban J connectivity index is 1.58. The molecule has 1 amide bonds. The van der Waals surface area contributed by atoms with E-state index < -0.39 is 0 Å². The van der Waals surface area contributed by atoms with E-state index in [0.29, 0.717) is 0 Å². The fourth-order valence-electron chi connectivity index (χ4n) is 3.20. The Morgan fingerprint density at radius 3 is 2.78 bits per heavy atom. The summed E-state index contributed by atoms with van der Waals surface area (Å²) in [6.07, 6.45) is 4.70. The number of benzene rings is 2. The molecule has 0 saturated heterocycles. The molecule has 4 rings (SSSR count). The molecule has 0 spiro atoms. The highest BCUT2D eigenvalue weighted by molar-refractivity contribution is 7.18. The largest absolute Gasteiger partial charge is 0.322 e. The number of nitrogens with one attached hydrogen (secondary N) is 1. The van der Waals surface area contributed by atoms with Crippen LogP contribution in [0.15, 0.2) is 36.4 Å². The van der Waals surface area contributed by atoms with Crippen molar-refractivity contribution in [3.8, 4) is 0 Å². The minimum Gasteiger partial charge on any atom is -0.322 e. The third-order valence-electron chi connectivity index (χ3n) is 4.36. The Morgan fingerprint density at radius 1 is 1.09 bits per heavy atom. The van der Waals surface area contributed by atoms with Crippen molar-refractivity contribution in [2.24, 2.45) is 0 Å². The fourth-order valence-corrected chi connectivity index (χ4v) is 4.01. The Labute approximate surface area is 139 Å². The van der Waals surface area contributed by atoms with Crippen LogP contribution < -0.4 is 5.32 Å². The summed E-state index contributed by atoms with van der Waals surface area (Å²) >= 11 is 1.67. The van der Waals surface area contributed by atoms with Crippen LogP contribution in [0.1, 0.15) is 39.3 Å². The minimum absolute atomic E-state index is 0.0512. The highest BCUT2D eigenvalue weighted by atomic mass is 32.1. The van der Waals surface area contributed by atoms with E-state index in [1.165, 1.54) is 24.0 Å². The van der Waals surface area contributed by atoms with Crippen molar-refractivity contribution in [3.63, 3.8) is 0 Å². The molecular formula is C19H18N2OS. The van der Waals surface area contributed by atoms with Crippen molar-refractivity contribution in [2.75, 3.05) is 5.32 Å². The normalized spacial score (nSPS) is 13.8. The second-order valence-corrected chi connectivity index (χ2v) is 7.29. The highest BCUT2D eigenvalue weighted by Crippen LogP contribution is 2.25. The fraction of sp³-hybridized carbons (Fsp3) is 0.263. The van der Waals surface area contributed by atoms with Gasteiger partial charge in [-0.1, -0.05) is 6.07 Å². The van der Waals surface area contributed by atoms with E-state index in [4.69, 9.17) is 0 Å². The summed E-state index contributed by atoms with van der Waals surface area (Å²) in [7, 11) is 0. The second-order valence-electron chi connectivity index (χ2n) is 6.06. The first-order chi connectivity index (χ1) is 11.2.